The summed E-state index contributed by atoms with van der Waals surface area (Å²) in [6.07, 6.45) is 3.35. The van der Waals surface area contributed by atoms with Crippen LogP contribution in [-0.2, 0) is 16.6 Å². The molecular weight excluding hydrogens is 488 g/mol. The van der Waals surface area contributed by atoms with Gasteiger partial charge in [0.25, 0.3) is 0 Å². The van der Waals surface area contributed by atoms with Crippen molar-refractivity contribution >= 4 is 59.1 Å². The third-order valence-electron chi connectivity index (χ3n) is 3.14. The largest absolute Gasteiger partial charge is 0.305 e. The van der Waals surface area contributed by atoms with Crippen LogP contribution in [0.15, 0.2) is 50.5 Å². The van der Waals surface area contributed by atoms with E-state index in [-0.39, 0.29) is 20.4 Å². The maximum atomic E-state index is 13.3. The first-order valence-corrected chi connectivity index (χ1v) is 9.98. The summed E-state index contributed by atoms with van der Waals surface area (Å²) in [5, 5.41) is 0.547. The minimum atomic E-state index is -3.87. The molecule has 10 heteroatoms. The van der Waals surface area contributed by atoms with Gasteiger partial charge in [-0.05, 0) is 56.1 Å². The second-order valence-electron chi connectivity index (χ2n) is 4.87. The summed E-state index contributed by atoms with van der Waals surface area (Å²) in [4.78, 5) is 4.23. The van der Waals surface area contributed by atoms with Crippen LogP contribution >= 0.6 is 43.5 Å². The predicted octanol–water partition coefficient (Wildman–Crippen LogP) is 4.13. The van der Waals surface area contributed by atoms with Crippen molar-refractivity contribution in [3.63, 3.8) is 0 Å². The Kier molecular flexibility index (Phi) is 4.99. The Morgan fingerprint density at radius 1 is 1.21 bits per heavy atom. The van der Waals surface area contributed by atoms with Crippen LogP contribution in [-0.4, -0.2) is 17.8 Å². The van der Waals surface area contributed by atoms with Crippen LogP contribution < -0.4 is 4.72 Å². The Hall–Kier alpha value is -1.00. The van der Waals surface area contributed by atoms with Gasteiger partial charge in [-0.15, -0.1) is 0 Å². The Morgan fingerprint density at radius 3 is 2.54 bits per heavy atom. The average Bonchev–Trinajstić information content (AvgIpc) is 2.85. The molecule has 1 N–H and O–H groups in total. The normalized spacial score (nSPS) is 12.0. The molecule has 2 aromatic heterocycles. The van der Waals surface area contributed by atoms with Gasteiger partial charge in [0.05, 0.1) is 17.3 Å². The smallest absolute Gasteiger partial charge is 0.243 e. The molecule has 2 heterocycles. The first kappa shape index (κ1) is 17.8. The van der Waals surface area contributed by atoms with Crippen LogP contribution in [0.1, 0.15) is 5.69 Å². The second kappa shape index (κ2) is 6.72. The summed E-state index contributed by atoms with van der Waals surface area (Å²) >= 11 is 12.0. The summed E-state index contributed by atoms with van der Waals surface area (Å²) in [7, 11) is -3.87. The van der Waals surface area contributed by atoms with E-state index in [1.165, 1.54) is 0 Å². The minimum Gasteiger partial charge on any atom is -0.305 e. The molecule has 0 unspecified atom stereocenters. The van der Waals surface area contributed by atoms with Crippen LogP contribution in [0.5, 0.6) is 0 Å². The monoisotopic (exact) mass is 495 g/mol. The van der Waals surface area contributed by atoms with Crippen LogP contribution in [0.25, 0.3) is 5.65 Å². The quantitative estimate of drug-likeness (QED) is 0.590. The van der Waals surface area contributed by atoms with Crippen molar-refractivity contribution in [2.75, 3.05) is 0 Å². The lowest BCUT2D eigenvalue weighted by Crippen LogP contribution is -2.24. The molecule has 0 fully saturated rings. The van der Waals surface area contributed by atoms with Gasteiger partial charge in [-0.3, -0.25) is 0 Å². The molecule has 0 aliphatic rings. The predicted molar refractivity (Wildman–Crippen MR) is 96.0 cm³/mol. The topological polar surface area (TPSA) is 63.5 Å². The third kappa shape index (κ3) is 3.65. The Labute approximate surface area is 159 Å². The van der Waals surface area contributed by atoms with E-state index in [0.29, 0.717) is 16.4 Å². The Morgan fingerprint density at radius 2 is 1.88 bits per heavy atom. The zero-order valence-corrected chi connectivity index (χ0v) is 16.5. The van der Waals surface area contributed by atoms with E-state index in [9.17, 15) is 12.8 Å². The molecule has 0 aliphatic heterocycles. The molecule has 0 radical (unpaired) electrons. The molecule has 126 valence electrons. The van der Waals surface area contributed by atoms with Crippen molar-refractivity contribution in [2.24, 2.45) is 0 Å². The van der Waals surface area contributed by atoms with Gasteiger partial charge in [0.15, 0.2) is 0 Å². The molecule has 3 aromatic rings. The molecule has 0 saturated heterocycles. The summed E-state index contributed by atoms with van der Waals surface area (Å²) in [5.41, 5.74) is 1.17. The van der Waals surface area contributed by atoms with Crippen molar-refractivity contribution in [1.82, 2.24) is 14.1 Å². The van der Waals surface area contributed by atoms with Gasteiger partial charge in [0, 0.05) is 21.3 Å². The fraction of sp³-hybridized carbons (Fsp3) is 0.0714. The maximum absolute atomic E-state index is 13.3. The number of nitrogens with zero attached hydrogens (tertiary/aromatic N) is 2. The standard InChI is InChI=1S/C14H9Br2ClFN3O2S/c15-11-3-9(18)4-12(16)14(11)24(22,23)19-5-10-7-21-6-8(17)1-2-13(21)20-10/h1-4,6-7,19H,5H2. The van der Waals surface area contributed by atoms with Gasteiger partial charge in [-0.25, -0.2) is 22.5 Å². The van der Waals surface area contributed by atoms with Gasteiger partial charge >= 0.3 is 0 Å². The second-order valence-corrected chi connectivity index (χ2v) is 8.72. The lowest BCUT2D eigenvalue weighted by molar-refractivity contribution is 0.578. The van der Waals surface area contributed by atoms with Gasteiger partial charge < -0.3 is 4.40 Å². The molecule has 0 saturated carbocycles. The van der Waals surface area contributed by atoms with Crippen LogP contribution in [0.2, 0.25) is 5.02 Å². The number of rotatable bonds is 4. The minimum absolute atomic E-state index is 0.0160. The van der Waals surface area contributed by atoms with Gasteiger partial charge in [-0.1, -0.05) is 11.6 Å². The van der Waals surface area contributed by atoms with E-state index >= 15 is 0 Å². The first-order chi connectivity index (χ1) is 11.3. The van der Waals surface area contributed by atoms with E-state index in [0.717, 1.165) is 12.1 Å². The SMILES string of the molecule is O=S(=O)(NCc1cn2cc(Cl)ccc2n1)c1c(Br)cc(F)cc1Br. The molecule has 0 aliphatic carbocycles. The van der Waals surface area contributed by atoms with Crippen LogP contribution in [0, 0.1) is 5.82 Å². The fourth-order valence-electron chi connectivity index (χ4n) is 2.13. The molecule has 1 aromatic carbocycles. The summed E-state index contributed by atoms with van der Waals surface area (Å²) in [6.45, 7) is -0.0160. The van der Waals surface area contributed by atoms with Crippen molar-refractivity contribution < 1.29 is 12.8 Å². The van der Waals surface area contributed by atoms with Gasteiger partial charge in [0.2, 0.25) is 10.0 Å². The highest BCUT2D eigenvalue weighted by molar-refractivity contribution is 9.11. The van der Waals surface area contributed by atoms with Crippen molar-refractivity contribution in [1.29, 1.82) is 0 Å². The van der Waals surface area contributed by atoms with E-state index in [4.69, 9.17) is 11.6 Å². The Balaban J connectivity index is 1.87. The fourth-order valence-corrected chi connectivity index (χ4v) is 5.82. The number of halogens is 4. The van der Waals surface area contributed by atoms with Gasteiger partial charge in [0.1, 0.15) is 16.4 Å². The number of nitrogens with one attached hydrogen (secondary N) is 1. The van der Waals surface area contributed by atoms with Gasteiger partial charge in [-0.2, -0.15) is 0 Å². The first-order valence-electron chi connectivity index (χ1n) is 6.53. The lowest BCUT2D eigenvalue weighted by atomic mass is 10.3. The maximum Gasteiger partial charge on any atom is 0.243 e. The van der Waals surface area contributed by atoms with Crippen LogP contribution in [0.3, 0.4) is 0 Å². The van der Waals surface area contributed by atoms with E-state index in [1.54, 1.807) is 28.9 Å². The van der Waals surface area contributed by atoms with Crippen LogP contribution in [0.4, 0.5) is 4.39 Å². The Bertz CT molecular complexity index is 1020. The molecule has 5 nitrogen and oxygen atoms in total. The van der Waals surface area contributed by atoms with Crippen molar-refractivity contribution in [2.45, 2.75) is 11.4 Å². The van der Waals surface area contributed by atoms with E-state index in [1.807, 2.05) is 0 Å². The highest BCUT2D eigenvalue weighted by Gasteiger charge is 2.22. The van der Waals surface area contributed by atoms with Crippen molar-refractivity contribution in [3.8, 4) is 0 Å². The number of hydrogen-bond donors (Lipinski definition) is 1. The molecular formula is C14H9Br2ClFN3O2S. The summed E-state index contributed by atoms with van der Waals surface area (Å²) < 4.78 is 42.7. The number of sulfonamides is 1. The number of aromatic nitrogens is 2. The number of imidazole rings is 1. The molecule has 3 rings (SSSR count). The lowest BCUT2D eigenvalue weighted by Gasteiger charge is -2.09. The number of pyridine rings is 1. The highest BCUT2D eigenvalue weighted by Crippen LogP contribution is 2.31. The zero-order valence-electron chi connectivity index (χ0n) is 11.8. The molecule has 0 bridgehead atoms. The summed E-state index contributed by atoms with van der Waals surface area (Å²) in [6, 6.07) is 5.61. The zero-order chi connectivity index (χ0) is 17.5. The molecule has 0 amide bonds. The summed E-state index contributed by atoms with van der Waals surface area (Å²) in [5.74, 6) is -0.551. The number of benzene rings is 1. The molecule has 24 heavy (non-hydrogen) atoms. The van der Waals surface area contributed by atoms with Crippen molar-refractivity contribution in [3.05, 3.63) is 62.1 Å². The molecule has 0 atom stereocenters. The third-order valence-corrected chi connectivity index (χ3v) is 6.64. The van der Waals surface area contributed by atoms with E-state index < -0.39 is 15.8 Å². The number of fused-ring (bicyclic) bond motifs is 1. The average molecular weight is 498 g/mol. The van der Waals surface area contributed by atoms with E-state index in [2.05, 4.69) is 41.6 Å². The highest BCUT2D eigenvalue weighted by atomic mass is 79.9. The number of hydrogen-bond acceptors (Lipinski definition) is 3. The molecule has 0 spiro atoms.